The second-order valence-electron chi connectivity index (χ2n) is 7.57. The van der Waals surface area contributed by atoms with Crippen LogP contribution in [0.2, 0.25) is 5.02 Å². The summed E-state index contributed by atoms with van der Waals surface area (Å²) in [4.78, 5) is 27.7. The molecule has 2 heterocycles. The van der Waals surface area contributed by atoms with Gasteiger partial charge < -0.3 is 23.9 Å². The summed E-state index contributed by atoms with van der Waals surface area (Å²) in [5, 5.41) is 11.6. The number of hydrogen-bond donors (Lipinski definition) is 1. The molecule has 1 unspecified atom stereocenters. The monoisotopic (exact) mass is 467 g/mol. The fourth-order valence-electron chi connectivity index (χ4n) is 3.92. The van der Waals surface area contributed by atoms with Crippen molar-refractivity contribution in [3.05, 3.63) is 87.8 Å². The molecule has 3 aromatic rings. The third-order valence-corrected chi connectivity index (χ3v) is 5.71. The van der Waals surface area contributed by atoms with Crippen LogP contribution in [0, 0.1) is 6.92 Å². The summed E-state index contributed by atoms with van der Waals surface area (Å²) < 4.78 is 16.4. The molecule has 1 aliphatic rings. The molecule has 1 aliphatic heterocycles. The van der Waals surface area contributed by atoms with E-state index in [1.165, 1.54) is 18.1 Å². The molecule has 1 fully saturated rings. The third-order valence-electron chi connectivity index (χ3n) is 5.47. The van der Waals surface area contributed by atoms with Gasteiger partial charge in [0.15, 0.2) is 0 Å². The van der Waals surface area contributed by atoms with Crippen LogP contribution < -0.4 is 9.47 Å². The molecule has 1 N–H and O–H groups in total. The average molecular weight is 468 g/mol. The number of carbonyl (C=O) groups excluding carboxylic acids is 2. The quantitative estimate of drug-likeness (QED) is 0.316. The Morgan fingerprint density at radius 1 is 1.09 bits per heavy atom. The van der Waals surface area contributed by atoms with E-state index < -0.39 is 17.7 Å². The zero-order valence-corrected chi connectivity index (χ0v) is 19.1. The lowest BCUT2D eigenvalue weighted by Crippen LogP contribution is -2.29. The molecule has 7 nitrogen and oxygen atoms in total. The SMILES string of the molecule is COc1cccc(CN2C(=O)C(=O)/C(=C(/O)c3cc(Cl)ccc3OC)C2c2ccc(C)o2)c1. The number of halogens is 1. The first-order valence-corrected chi connectivity index (χ1v) is 10.5. The van der Waals surface area contributed by atoms with E-state index in [2.05, 4.69) is 0 Å². The van der Waals surface area contributed by atoms with Crippen LogP contribution in [0.15, 0.2) is 64.6 Å². The Morgan fingerprint density at radius 2 is 1.88 bits per heavy atom. The molecule has 0 radical (unpaired) electrons. The van der Waals surface area contributed by atoms with Crippen LogP contribution >= 0.6 is 11.6 Å². The van der Waals surface area contributed by atoms with E-state index in [0.29, 0.717) is 28.0 Å². The van der Waals surface area contributed by atoms with Gasteiger partial charge in [0.2, 0.25) is 0 Å². The standard InChI is InChI=1S/C25H22ClNO6/c1-14-7-9-20(33-14)22-21(23(28)18-12-16(26)8-10-19(18)32-3)24(29)25(30)27(22)13-15-5-4-6-17(11-15)31-2/h4-12,22,28H,13H2,1-3H3/b23-21+. The lowest BCUT2D eigenvalue weighted by atomic mass is 9.98. The number of benzene rings is 2. The fourth-order valence-corrected chi connectivity index (χ4v) is 4.09. The zero-order chi connectivity index (χ0) is 23.7. The Labute approximate surface area is 195 Å². The summed E-state index contributed by atoms with van der Waals surface area (Å²) in [5.74, 6) is -0.0614. The predicted molar refractivity (Wildman–Crippen MR) is 122 cm³/mol. The van der Waals surface area contributed by atoms with E-state index in [4.69, 9.17) is 25.5 Å². The van der Waals surface area contributed by atoms with Crippen LogP contribution in [0.25, 0.3) is 5.76 Å². The summed E-state index contributed by atoms with van der Waals surface area (Å²) in [6, 6.07) is 14.3. The highest BCUT2D eigenvalue weighted by Gasteiger charge is 2.47. The Morgan fingerprint density at radius 3 is 2.55 bits per heavy atom. The van der Waals surface area contributed by atoms with Gasteiger partial charge in [-0.15, -0.1) is 0 Å². The van der Waals surface area contributed by atoms with Crippen molar-refractivity contribution in [3.63, 3.8) is 0 Å². The first kappa shape index (κ1) is 22.5. The predicted octanol–water partition coefficient (Wildman–Crippen LogP) is 4.88. The highest BCUT2D eigenvalue weighted by Crippen LogP contribution is 2.42. The lowest BCUT2D eigenvalue weighted by Gasteiger charge is -2.23. The zero-order valence-electron chi connectivity index (χ0n) is 18.3. The molecule has 1 saturated heterocycles. The van der Waals surface area contributed by atoms with E-state index in [-0.39, 0.29) is 23.4 Å². The van der Waals surface area contributed by atoms with E-state index >= 15 is 0 Å². The number of nitrogens with zero attached hydrogens (tertiary/aromatic N) is 1. The number of ether oxygens (including phenoxy) is 2. The molecular weight excluding hydrogens is 446 g/mol. The van der Waals surface area contributed by atoms with Crippen LogP contribution in [0.3, 0.4) is 0 Å². The van der Waals surface area contributed by atoms with Crippen molar-refractivity contribution in [2.75, 3.05) is 14.2 Å². The van der Waals surface area contributed by atoms with Gasteiger partial charge in [-0.1, -0.05) is 23.7 Å². The van der Waals surface area contributed by atoms with Crippen molar-refractivity contribution < 1.29 is 28.6 Å². The molecule has 8 heteroatoms. The van der Waals surface area contributed by atoms with Crippen LogP contribution in [0.1, 0.15) is 28.7 Å². The van der Waals surface area contributed by atoms with Crippen molar-refractivity contribution in [2.24, 2.45) is 0 Å². The first-order valence-electron chi connectivity index (χ1n) is 10.2. The minimum absolute atomic E-state index is 0.0992. The second-order valence-corrected chi connectivity index (χ2v) is 8.01. The minimum atomic E-state index is -0.936. The number of aliphatic hydroxyl groups excluding tert-OH is 1. The Kier molecular flexibility index (Phi) is 6.16. The fraction of sp³-hybridized carbons (Fsp3) is 0.200. The van der Waals surface area contributed by atoms with Crippen LogP contribution in [0.5, 0.6) is 11.5 Å². The molecule has 0 aliphatic carbocycles. The second kappa shape index (κ2) is 9.03. The smallest absolute Gasteiger partial charge is 0.296 e. The maximum Gasteiger partial charge on any atom is 0.296 e. The largest absolute Gasteiger partial charge is 0.507 e. The molecular formula is C25H22ClNO6. The lowest BCUT2D eigenvalue weighted by molar-refractivity contribution is -0.140. The van der Waals surface area contributed by atoms with Crippen molar-refractivity contribution in [1.29, 1.82) is 0 Å². The topological polar surface area (TPSA) is 89.2 Å². The van der Waals surface area contributed by atoms with Gasteiger partial charge in [-0.25, -0.2) is 0 Å². The number of Topliss-reactive ketones (excluding diaryl/α,β-unsaturated/α-hetero) is 1. The van der Waals surface area contributed by atoms with Crippen molar-refractivity contribution >= 4 is 29.1 Å². The number of furan rings is 1. The molecule has 1 amide bonds. The van der Waals surface area contributed by atoms with E-state index in [1.807, 2.05) is 6.07 Å². The van der Waals surface area contributed by atoms with Crippen molar-refractivity contribution in [3.8, 4) is 11.5 Å². The van der Waals surface area contributed by atoms with Gasteiger partial charge in [0, 0.05) is 11.6 Å². The Balaban J connectivity index is 1.87. The molecule has 4 rings (SSSR count). The number of rotatable bonds is 6. The summed E-state index contributed by atoms with van der Waals surface area (Å²) in [6.07, 6.45) is 0. The number of amides is 1. The highest BCUT2D eigenvalue weighted by molar-refractivity contribution is 6.46. The van der Waals surface area contributed by atoms with Crippen molar-refractivity contribution in [2.45, 2.75) is 19.5 Å². The van der Waals surface area contributed by atoms with Gasteiger partial charge in [-0.05, 0) is 55.0 Å². The van der Waals surface area contributed by atoms with Crippen LogP contribution in [-0.4, -0.2) is 35.9 Å². The van der Waals surface area contributed by atoms with Gasteiger partial charge in [0.1, 0.15) is 34.8 Å². The van der Waals surface area contributed by atoms with Gasteiger partial charge in [0.25, 0.3) is 11.7 Å². The van der Waals surface area contributed by atoms with Gasteiger partial charge in [-0.2, -0.15) is 0 Å². The molecule has 33 heavy (non-hydrogen) atoms. The van der Waals surface area contributed by atoms with Gasteiger partial charge in [-0.3, -0.25) is 9.59 Å². The summed E-state index contributed by atoms with van der Waals surface area (Å²) in [5.41, 5.74) is 0.861. The number of likely N-dealkylation sites (tertiary alicyclic amines) is 1. The van der Waals surface area contributed by atoms with E-state index in [1.54, 1.807) is 56.5 Å². The summed E-state index contributed by atoms with van der Waals surface area (Å²) in [6.45, 7) is 1.87. The van der Waals surface area contributed by atoms with Crippen molar-refractivity contribution in [1.82, 2.24) is 4.90 Å². The molecule has 0 spiro atoms. The number of aliphatic hydroxyl groups is 1. The molecule has 0 saturated carbocycles. The summed E-state index contributed by atoms with van der Waals surface area (Å²) >= 11 is 6.13. The highest BCUT2D eigenvalue weighted by atomic mass is 35.5. The van der Waals surface area contributed by atoms with Crippen LogP contribution in [0.4, 0.5) is 0 Å². The molecule has 0 bridgehead atoms. The van der Waals surface area contributed by atoms with Gasteiger partial charge in [0.05, 0.1) is 25.4 Å². The maximum atomic E-state index is 13.2. The number of methoxy groups -OCH3 is 2. The molecule has 1 atom stereocenters. The molecule has 1 aromatic heterocycles. The number of carbonyl (C=O) groups is 2. The average Bonchev–Trinajstić information content (AvgIpc) is 3.35. The minimum Gasteiger partial charge on any atom is -0.507 e. The van der Waals surface area contributed by atoms with Crippen LogP contribution in [-0.2, 0) is 16.1 Å². The maximum absolute atomic E-state index is 13.2. The normalized spacial score (nSPS) is 17.5. The van der Waals surface area contributed by atoms with E-state index in [0.717, 1.165) is 5.56 Å². The third kappa shape index (κ3) is 4.19. The summed E-state index contributed by atoms with van der Waals surface area (Å²) in [7, 11) is 2.99. The van der Waals surface area contributed by atoms with Gasteiger partial charge >= 0.3 is 0 Å². The first-order chi connectivity index (χ1) is 15.8. The van der Waals surface area contributed by atoms with E-state index in [9.17, 15) is 14.7 Å². The Bertz CT molecular complexity index is 1260. The number of aryl methyl sites for hydroxylation is 1. The Hall–Kier alpha value is -3.71. The number of hydrogen-bond acceptors (Lipinski definition) is 6. The molecule has 2 aromatic carbocycles. The molecule has 170 valence electrons. The number of ketones is 1.